The van der Waals surface area contributed by atoms with E-state index in [9.17, 15) is 9.18 Å². The van der Waals surface area contributed by atoms with E-state index in [-0.39, 0.29) is 11.7 Å². The second-order valence-corrected chi connectivity index (χ2v) is 5.78. The largest absolute Gasteiger partial charge is 0.335 e. The van der Waals surface area contributed by atoms with Gasteiger partial charge in [-0.15, -0.1) is 0 Å². The lowest BCUT2D eigenvalue weighted by atomic mass is 10.1. The molecule has 0 radical (unpaired) electrons. The number of nitrogens with zero attached hydrogens (tertiary/aromatic N) is 1. The molecule has 0 N–H and O–H groups in total. The Morgan fingerprint density at radius 3 is 2.63 bits per heavy atom. The van der Waals surface area contributed by atoms with Crippen molar-refractivity contribution in [2.24, 2.45) is 5.92 Å². The van der Waals surface area contributed by atoms with Crippen molar-refractivity contribution in [2.45, 2.75) is 52.1 Å². The van der Waals surface area contributed by atoms with E-state index in [0.29, 0.717) is 30.5 Å². The van der Waals surface area contributed by atoms with Crippen LogP contribution < -0.4 is 0 Å². The summed E-state index contributed by atoms with van der Waals surface area (Å²) in [7, 11) is 0. The van der Waals surface area contributed by atoms with Gasteiger partial charge in [0.25, 0.3) is 0 Å². The normalized spacial score (nSPS) is 14.7. The van der Waals surface area contributed by atoms with Gasteiger partial charge in [0, 0.05) is 24.6 Å². The molecule has 3 heteroatoms. The molecule has 1 fully saturated rings. The molecule has 0 aromatic heterocycles. The average Bonchev–Trinajstić information content (AvgIpc) is 3.19. The van der Waals surface area contributed by atoms with Crippen LogP contribution in [0.25, 0.3) is 0 Å². The van der Waals surface area contributed by atoms with Gasteiger partial charge >= 0.3 is 0 Å². The maximum atomic E-state index is 13.7. The predicted octanol–water partition coefficient (Wildman–Crippen LogP) is 3.75. The third-order valence-corrected chi connectivity index (χ3v) is 3.54. The molecule has 0 unspecified atom stereocenters. The highest BCUT2D eigenvalue weighted by molar-refractivity contribution is 5.76. The summed E-state index contributed by atoms with van der Waals surface area (Å²) in [5.74, 6) is 0.475. The van der Waals surface area contributed by atoms with Crippen LogP contribution in [0.4, 0.5) is 4.39 Å². The van der Waals surface area contributed by atoms with Gasteiger partial charge in [-0.2, -0.15) is 0 Å². The molecule has 0 aliphatic heterocycles. The Balaban J connectivity index is 2.00. The lowest BCUT2D eigenvalue weighted by Crippen LogP contribution is -2.32. The fraction of sp³-hybridized carbons (Fsp3) is 0.562. The van der Waals surface area contributed by atoms with Crippen LogP contribution in [0.1, 0.15) is 45.1 Å². The van der Waals surface area contributed by atoms with E-state index in [1.807, 2.05) is 11.0 Å². The van der Waals surface area contributed by atoms with Gasteiger partial charge in [-0.05, 0) is 31.2 Å². The summed E-state index contributed by atoms with van der Waals surface area (Å²) in [5, 5.41) is 0. The second-order valence-electron chi connectivity index (χ2n) is 5.78. The summed E-state index contributed by atoms with van der Waals surface area (Å²) in [5.41, 5.74) is 0.618. The number of benzene rings is 1. The summed E-state index contributed by atoms with van der Waals surface area (Å²) in [6, 6.07) is 7.06. The fourth-order valence-electron chi connectivity index (χ4n) is 2.17. The maximum absolute atomic E-state index is 13.7. The van der Waals surface area contributed by atoms with Crippen molar-refractivity contribution in [3.8, 4) is 0 Å². The Bertz CT molecular complexity index is 440. The summed E-state index contributed by atoms with van der Waals surface area (Å²) in [6.45, 7) is 4.64. The van der Waals surface area contributed by atoms with Gasteiger partial charge in [0.15, 0.2) is 0 Å². The monoisotopic (exact) mass is 263 g/mol. The van der Waals surface area contributed by atoms with E-state index in [1.54, 1.807) is 12.1 Å². The van der Waals surface area contributed by atoms with Crippen molar-refractivity contribution in [1.29, 1.82) is 0 Å². The molecule has 19 heavy (non-hydrogen) atoms. The Kier molecular flexibility index (Phi) is 4.56. The van der Waals surface area contributed by atoms with E-state index in [2.05, 4.69) is 13.8 Å². The van der Waals surface area contributed by atoms with Crippen molar-refractivity contribution < 1.29 is 9.18 Å². The molecule has 0 saturated heterocycles. The SMILES string of the molecule is CC(C)CCC(=O)N(Cc1ccccc1F)C1CC1. The predicted molar refractivity (Wildman–Crippen MR) is 74.0 cm³/mol. The second kappa shape index (κ2) is 6.18. The quantitative estimate of drug-likeness (QED) is 0.765. The minimum atomic E-state index is -0.218. The number of hydrogen-bond acceptors (Lipinski definition) is 1. The van der Waals surface area contributed by atoms with Crippen LogP contribution in [0.5, 0.6) is 0 Å². The van der Waals surface area contributed by atoms with E-state index < -0.39 is 0 Å². The van der Waals surface area contributed by atoms with Crippen LogP contribution in [-0.4, -0.2) is 16.8 Å². The van der Waals surface area contributed by atoms with E-state index in [0.717, 1.165) is 19.3 Å². The summed E-state index contributed by atoms with van der Waals surface area (Å²) >= 11 is 0. The topological polar surface area (TPSA) is 20.3 Å². The van der Waals surface area contributed by atoms with Crippen molar-refractivity contribution in [3.05, 3.63) is 35.6 Å². The van der Waals surface area contributed by atoms with Crippen LogP contribution in [0.15, 0.2) is 24.3 Å². The van der Waals surface area contributed by atoms with E-state index >= 15 is 0 Å². The Hall–Kier alpha value is -1.38. The van der Waals surface area contributed by atoms with Crippen LogP contribution in [-0.2, 0) is 11.3 Å². The van der Waals surface area contributed by atoms with Crippen LogP contribution >= 0.6 is 0 Å². The lowest BCUT2D eigenvalue weighted by Gasteiger charge is -2.23. The molecule has 0 atom stereocenters. The number of carbonyl (C=O) groups excluding carboxylic acids is 1. The molecule has 104 valence electrons. The summed E-state index contributed by atoms with van der Waals surface area (Å²) < 4.78 is 13.7. The van der Waals surface area contributed by atoms with Gasteiger partial charge in [0.05, 0.1) is 0 Å². The van der Waals surface area contributed by atoms with Gasteiger partial charge in [-0.1, -0.05) is 32.0 Å². The van der Waals surface area contributed by atoms with Crippen molar-refractivity contribution >= 4 is 5.91 Å². The zero-order chi connectivity index (χ0) is 13.8. The van der Waals surface area contributed by atoms with Crippen LogP contribution in [0.3, 0.4) is 0 Å². The zero-order valence-electron chi connectivity index (χ0n) is 11.7. The number of hydrogen-bond donors (Lipinski definition) is 0. The molecule has 0 spiro atoms. The van der Waals surface area contributed by atoms with Crippen LogP contribution in [0, 0.1) is 11.7 Å². The zero-order valence-corrected chi connectivity index (χ0v) is 11.7. The minimum absolute atomic E-state index is 0.166. The smallest absolute Gasteiger partial charge is 0.223 e. The maximum Gasteiger partial charge on any atom is 0.223 e. The highest BCUT2D eigenvalue weighted by Crippen LogP contribution is 2.29. The fourth-order valence-corrected chi connectivity index (χ4v) is 2.17. The van der Waals surface area contributed by atoms with E-state index in [4.69, 9.17) is 0 Å². The van der Waals surface area contributed by atoms with Gasteiger partial charge in [-0.25, -0.2) is 4.39 Å². The first-order valence-electron chi connectivity index (χ1n) is 7.11. The summed E-state index contributed by atoms with van der Waals surface area (Å²) in [4.78, 5) is 14.1. The van der Waals surface area contributed by atoms with Crippen LogP contribution in [0.2, 0.25) is 0 Å². The molecule has 1 aliphatic carbocycles. The van der Waals surface area contributed by atoms with Gasteiger partial charge in [-0.3, -0.25) is 4.79 Å². The third-order valence-electron chi connectivity index (χ3n) is 3.54. The molecule has 0 bridgehead atoms. The highest BCUT2D eigenvalue weighted by Gasteiger charge is 2.32. The number of carbonyl (C=O) groups is 1. The van der Waals surface area contributed by atoms with Crippen molar-refractivity contribution in [1.82, 2.24) is 4.90 Å². The molecule has 0 heterocycles. The lowest BCUT2D eigenvalue weighted by molar-refractivity contribution is -0.132. The number of halogens is 1. The van der Waals surface area contributed by atoms with E-state index in [1.165, 1.54) is 6.07 Å². The Morgan fingerprint density at radius 1 is 1.37 bits per heavy atom. The van der Waals surface area contributed by atoms with Gasteiger partial charge in [0.1, 0.15) is 5.82 Å². The first-order chi connectivity index (χ1) is 9.08. The molecule has 1 aliphatic rings. The molecule has 2 rings (SSSR count). The number of rotatable bonds is 6. The molecule has 2 nitrogen and oxygen atoms in total. The molecule has 1 saturated carbocycles. The molecule has 1 aromatic rings. The van der Waals surface area contributed by atoms with Gasteiger partial charge in [0.2, 0.25) is 5.91 Å². The van der Waals surface area contributed by atoms with Gasteiger partial charge < -0.3 is 4.90 Å². The molecular weight excluding hydrogens is 241 g/mol. The third kappa shape index (κ3) is 4.05. The highest BCUT2D eigenvalue weighted by atomic mass is 19.1. The summed E-state index contributed by atoms with van der Waals surface area (Å²) in [6.07, 6.45) is 3.59. The Labute approximate surface area is 114 Å². The molecule has 1 amide bonds. The molecule has 1 aromatic carbocycles. The standard InChI is InChI=1S/C16H22FNO/c1-12(2)7-10-16(19)18(14-8-9-14)11-13-5-3-4-6-15(13)17/h3-6,12,14H,7-11H2,1-2H3. The average molecular weight is 263 g/mol. The number of amides is 1. The van der Waals surface area contributed by atoms with Crippen molar-refractivity contribution in [2.75, 3.05) is 0 Å². The van der Waals surface area contributed by atoms with Crippen molar-refractivity contribution in [3.63, 3.8) is 0 Å². The molecular formula is C16H22FNO. The first-order valence-corrected chi connectivity index (χ1v) is 7.11. The first kappa shape index (κ1) is 14.0. The Morgan fingerprint density at radius 2 is 2.05 bits per heavy atom. The minimum Gasteiger partial charge on any atom is -0.335 e.